The van der Waals surface area contributed by atoms with E-state index in [9.17, 15) is 4.79 Å². The number of aryl methyl sites for hydroxylation is 2. The number of carbonyl (C=O) groups excluding carboxylic acids is 1. The predicted molar refractivity (Wildman–Crippen MR) is 78.5 cm³/mol. The Hall–Kier alpha value is -1.42. The van der Waals surface area contributed by atoms with Gasteiger partial charge in [0.2, 0.25) is 5.91 Å². The highest BCUT2D eigenvalue weighted by Crippen LogP contribution is 2.06. The van der Waals surface area contributed by atoms with E-state index in [1.165, 1.54) is 11.1 Å². The molecule has 1 amide bonds. The first-order valence-electron chi connectivity index (χ1n) is 6.10. The number of nitrogens with two attached hydrogens (primary N) is 1. The lowest BCUT2D eigenvalue weighted by atomic mass is 10.1. The number of nitrogens with one attached hydrogen (secondary N) is 1. The van der Waals surface area contributed by atoms with Crippen molar-refractivity contribution >= 4 is 23.1 Å². The SMILES string of the molecule is Cc1cccc(CCC(=O)NCC(C)C(N)=S)c1. The van der Waals surface area contributed by atoms with Crippen LogP contribution in [0.4, 0.5) is 0 Å². The van der Waals surface area contributed by atoms with Crippen LogP contribution in [-0.4, -0.2) is 17.4 Å². The van der Waals surface area contributed by atoms with E-state index >= 15 is 0 Å². The number of benzene rings is 1. The fourth-order valence-electron chi connectivity index (χ4n) is 1.58. The lowest BCUT2D eigenvalue weighted by Crippen LogP contribution is -2.33. The lowest BCUT2D eigenvalue weighted by Gasteiger charge is -2.10. The Kier molecular flexibility index (Phi) is 5.78. The summed E-state index contributed by atoms with van der Waals surface area (Å²) in [7, 11) is 0. The van der Waals surface area contributed by atoms with Crippen molar-refractivity contribution in [1.29, 1.82) is 0 Å². The zero-order valence-electron chi connectivity index (χ0n) is 10.9. The van der Waals surface area contributed by atoms with Crippen LogP contribution in [-0.2, 0) is 11.2 Å². The zero-order valence-corrected chi connectivity index (χ0v) is 11.7. The molecule has 0 fully saturated rings. The Morgan fingerprint density at radius 1 is 1.50 bits per heavy atom. The molecule has 0 aromatic heterocycles. The first kappa shape index (κ1) is 14.6. The van der Waals surface area contributed by atoms with Gasteiger partial charge in [-0.15, -0.1) is 0 Å². The maximum Gasteiger partial charge on any atom is 0.220 e. The molecule has 0 aliphatic carbocycles. The van der Waals surface area contributed by atoms with Crippen molar-refractivity contribution in [3.8, 4) is 0 Å². The fraction of sp³-hybridized carbons (Fsp3) is 0.429. The number of hydrogen-bond acceptors (Lipinski definition) is 2. The molecule has 0 saturated heterocycles. The van der Waals surface area contributed by atoms with Crippen LogP contribution < -0.4 is 11.1 Å². The highest BCUT2D eigenvalue weighted by atomic mass is 32.1. The van der Waals surface area contributed by atoms with Gasteiger partial charge in [0, 0.05) is 18.9 Å². The summed E-state index contributed by atoms with van der Waals surface area (Å²) in [5.74, 6) is 0.0857. The van der Waals surface area contributed by atoms with Crippen LogP contribution >= 0.6 is 12.2 Å². The van der Waals surface area contributed by atoms with Crippen molar-refractivity contribution < 1.29 is 4.79 Å². The topological polar surface area (TPSA) is 55.1 Å². The summed E-state index contributed by atoms with van der Waals surface area (Å²) >= 11 is 4.85. The molecule has 1 atom stereocenters. The van der Waals surface area contributed by atoms with Gasteiger partial charge in [-0.05, 0) is 18.9 Å². The molecule has 98 valence electrons. The van der Waals surface area contributed by atoms with Gasteiger partial charge in [-0.2, -0.15) is 0 Å². The summed E-state index contributed by atoms with van der Waals surface area (Å²) in [6.45, 7) is 4.47. The second-order valence-corrected chi connectivity index (χ2v) is 5.07. The highest BCUT2D eigenvalue weighted by Gasteiger charge is 2.07. The van der Waals surface area contributed by atoms with Gasteiger partial charge in [0.25, 0.3) is 0 Å². The minimum atomic E-state index is 0.0413. The van der Waals surface area contributed by atoms with Gasteiger partial charge in [-0.1, -0.05) is 49.0 Å². The summed E-state index contributed by atoms with van der Waals surface area (Å²) in [4.78, 5) is 12.1. The molecule has 3 nitrogen and oxygen atoms in total. The Bertz CT molecular complexity index is 432. The molecule has 0 radical (unpaired) electrons. The average molecular weight is 264 g/mol. The fourth-order valence-corrected chi connectivity index (χ4v) is 1.66. The first-order valence-corrected chi connectivity index (χ1v) is 6.51. The largest absolute Gasteiger partial charge is 0.393 e. The molecule has 0 spiro atoms. The molecule has 0 saturated carbocycles. The van der Waals surface area contributed by atoms with Crippen LogP contribution in [0.1, 0.15) is 24.5 Å². The van der Waals surface area contributed by atoms with Crippen molar-refractivity contribution in [1.82, 2.24) is 5.32 Å². The Labute approximate surface area is 114 Å². The van der Waals surface area contributed by atoms with E-state index in [-0.39, 0.29) is 11.8 Å². The zero-order chi connectivity index (χ0) is 13.5. The molecular formula is C14H20N2OS. The van der Waals surface area contributed by atoms with Crippen LogP contribution in [0.5, 0.6) is 0 Å². The van der Waals surface area contributed by atoms with E-state index in [0.29, 0.717) is 18.0 Å². The lowest BCUT2D eigenvalue weighted by molar-refractivity contribution is -0.121. The van der Waals surface area contributed by atoms with Gasteiger partial charge in [-0.25, -0.2) is 0 Å². The summed E-state index contributed by atoms with van der Waals surface area (Å²) in [6.07, 6.45) is 1.25. The number of rotatable bonds is 6. The molecule has 4 heteroatoms. The van der Waals surface area contributed by atoms with Crippen molar-refractivity contribution in [3.05, 3.63) is 35.4 Å². The number of carbonyl (C=O) groups is 1. The van der Waals surface area contributed by atoms with Crippen molar-refractivity contribution in [2.45, 2.75) is 26.7 Å². The van der Waals surface area contributed by atoms with E-state index in [2.05, 4.69) is 11.4 Å². The molecular weight excluding hydrogens is 244 g/mol. The molecule has 0 heterocycles. The third kappa shape index (κ3) is 5.27. The van der Waals surface area contributed by atoms with Gasteiger partial charge in [-0.3, -0.25) is 4.79 Å². The van der Waals surface area contributed by atoms with E-state index in [1.54, 1.807) is 0 Å². The molecule has 1 aromatic carbocycles. The van der Waals surface area contributed by atoms with E-state index in [0.717, 1.165) is 6.42 Å². The number of thiocarbonyl (C=S) groups is 1. The van der Waals surface area contributed by atoms with Crippen LogP contribution in [0, 0.1) is 12.8 Å². The first-order chi connectivity index (χ1) is 8.49. The maximum atomic E-state index is 11.6. The third-order valence-electron chi connectivity index (χ3n) is 2.81. The smallest absolute Gasteiger partial charge is 0.220 e. The summed E-state index contributed by atoms with van der Waals surface area (Å²) < 4.78 is 0. The van der Waals surface area contributed by atoms with Crippen molar-refractivity contribution in [2.75, 3.05) is 6.54 Å². The van der Waals surface area contributed by atoms with Gasteiger partial charge >= 0.3 is 0 Å². The Morgan fingerprint density at radius 3 is 2.83 bits per heavy atom. The molecule has 0 aliphatic heterocycles. The van der Waals surface area contributed by atoms with Crippen LogP contribution in [0.3, 0.4) is 0 Å². The Balaban J connectivity index is 2.31. The quantitative estimate of drug-likeness (QED) is 0.772. The summed E-state index contributed by atoms with van der Waals surface area (Å²) in [5.41, 5.74) is 7.89. The van der Waals surface area contributed by atoms with Gasteiger partial charge in [0.1, 0.15) is 0 Å². The Morgan fingerprint density at radius 2 is 2.22 bits per heavy atom. The molecule has 0 bridgehead atoms. The van der Waals surface area contributed by atoms with Crippen LogP contribution in [0.15, 0.2) is 24.3 Å². The third-order valence-corrected chi connectivity index (χ3v) is 3.22. The highest BCUT2D eigenvalue weighted by molar-refractivity contribution is 7.80. The van der Waals surface area contributed by atoms with Gasteiger partial charge in [0.05, 0.1) is 4.99 Å². The monoisotopic (exact) mass is 264 g/mol. The van der Waals surface area contributed by atoms with Gasteiger partial charge in [0.15, 0.2) is 0 Å². The van der Waals surface area contributed by atoms with E-state index < -0.39 is 0 Å². The molecule has 1 unspecified atom stereocenters. The van der Waals surface area contributed by atoms with Crippen molar-refractivity contribution in [2.24, 2.45) is 11.7 Å². The molecule has 0 aliphatic rings. The number of hydrogen-bond donors (Lipinski definition) is 2. The molecule has 3 N–H and O–H groups in total. The molecule has 1 rings (SSSR count). The van der Waals surface area contributed by atoms with Crippen LogP contribution in [0.2, 0.25) is 0 Å². The van der Waals surface area contributed by atoms with Crippen LogP contribution in [0.25, 0.3) is 0 Å². The standard InChI is InChI=1S/C14H20N2OS/c1-10-4-3-5-12(8-10)6-7-13(17)16-9-11(2)14(15)18/h3-5,8,11H,6-7,9H2,1-2H3,(H2,15,18)(H,16,17). The average Bonchev–Trinajstić information content (AvgIpc) is 2.33. The minimum absolute atomic E-state index is 0.0413. The van der Waals surface area contributed by atoms with Crippen molar-refractivity contribution in [3.63, 3.8) is 0 Å². The minimum Gasteiger partial charge on any atom is -0.393 e. The predicted octanol–water partition coefficient (Wildman–Crippen LogP) is 1.97. The van der Waals surface area contributed by atoms with E-state index in [4.69, 9.17) is 18.0 Å². The normalized spacial score (nSPS) is 11.9. The van der Waals surface area contributed by atoms with Gasteiger partial charge < -0.3 is 11.1 Å². The number of amides is 1. The second-order valence-electron chi connectivity index (χ2n) is 4.60. The molecule has 18 heavy (non-hydrogen) atoms. The summed E-state index contributed by atoms with van der Waals surface area (Å²) in [5, 5.41) is 2.84. The maximum absolute atomic E-state index is 11.6. The second kappa shape index (κ2) is 7.11. The summed E-state index contributed by atoms with van der Waals surface area (Å²) in [6, 6.07) is 8.20. The van der Waals surface area contributed by atoms with E-state index in [1.807, 2.05) is 32.0 Å². The molecule has 1 aromatic rings.